The van der Waals surface area contributed by atoms with E-state index in [-0.39, 0.29) is 16.0 Å². The number of nitrogens with zero attached hydrogens (tertiary/aromatic N) is 2. The Labute approximate surface area is 181 Å². The van der Waals surface area contributed by atoms with Crippen LogP contribution in [0.4, 0.5) is 0 Å². The van der Waals surface area contributed by atoms with Crippen molar-refractivity contribution >= 4 is 35.4 Å². The van der Waals surface area contributed by atoms with Crippen molar-refractivity contribution in [3.8, 4) is 28.7 Å². The number of halogens is 1. The Morgan fingerprint density at radius 2 is 1.87 bits per heavy atom. The van der Waals surface area contributed by atoms with Gasteiger partial charge in [0.25, 0.3) is 11.1 Å². The van der Waals surface area contributed by atoms with Gasteiger partial charge in [-0.2, -0.15) is 0 Å². The molecule has 3 aromatic rings. The van der Waals surface area contributed by atoms with Gasteiger partial charge in [0.2, 0.25) is 0 Å². The predicted octanol–water partition coefficient (Wildman–Crippen LogP) is 4.63. The Morgan fingerprint density at radius 1 is 1.10 bits per heavy atom. The van der Waals surface area contributed by atoms with E-state index in [9.17, 15) is 9.90 Å². The topological polar surface area (TPSA) is 104 Å². The fourth-order valence-electron chi connectivity index (χ4n) is 2.60. The number of carboxylic acid groups (broad SMARTS) is 1. The Morgan fingerprint density at radius 3 is 2.53 bits per heavy atom. The predicted molar refractivity (Wildman–Crippen MR) is 112 cm³/mol. The number of methoxy groups -OCH3 is 3. The lowest BCUT2D eigenvalue weighted by molar-refractivity contribution is -0.131. The van der Waals surface area contributed by atoms with Gasteiger partial charge in [0.05, 0.1) is 26.9 Å². The van der Waals surface area contributed by atoms with E-state index in [0.29, 0.717) is 33.4 Å². The Kier molecular flexibility index (Phi) is 6.86. The van der Waals surface area contributed by atoms with Crippen LogP contribution < -0.4 is 14.2 Å². The van der Waals surface area contributed by atoms with Crippen molar-refractivity contribution in [2.45, 2.75) is 5.22 Å². The molecular weight excluding hydrogens is 432 g/mol. The number of thioether (sulfide) groups is 1. The average Bonchev–Trinajstić information content (AvgIpc) is 3.21. The van der Waals surface area contributed by atoms with Crippen LogP contribution in [0.25, 0.3) is 17.5 Å². The number of para-hydroxylation sites is 1. The molecule has 0 radical (unpaired) electrons. The lowest BCUT2D eigenvalue weighted by atomic mass is 10.1. The third kappa shape index (κ3) is 4.69. The molecular formula is C20H17ClN2O6S. The average molecular weight is 449 g/mol. The summed E-state index contributed by atoms with van der Waals surface area (Å²) < 4.78 is 21.5. The summed E-state index contributed by atoms with van der Waals surface area (Å²) in [6.45, 7) is 0. The van der Waals surface area contributed by atoms with Crippen molar-refractivity contribution in [1.82, 2.24) is 10.2 Å². The first-order valence-corrected chi connectivity index (χ1v) is 9.67. The SMILES string of the molecule is COc1ccc(Cl)cc1-c1nnc(S/C(=C\c2cccc(OC)c2OC)C(=O)O)o1. The molecule has 0 saturated carbocycles. The first kappa shape index (κ1) is 21.5. The minimum Gasteiger partial charge on any atom is -0.496 e. The van der Waals surface area contributed by atoms with Gasteiger partial charge in [-0.25, -0.2) is 4.79 Å². The van der Waals surface area contributed by atoms with Gasteiger partial charge in [-0.3, -0.25) is 0 Å². The molecule has 10 heteroatoms. The Balaban J connectivity index is 1.94. The largest absolute Gasteiger partial charge is 0.496 e. The van der Waals surface area contributed by atoms with E-state index in [2.05, 4.69) is 10.2 Å². The summed E-state index contributed by atoms with van der Waals surface area (Å²) in [4.78, 5) is 11.7. The highest BCUT2D eigenvalue weighted by molar-refractivity contribution is 8.03. The molecule has 0 unspecified atom stereocenters. The second-order valence-corrected chi connectivity index (χ2v) is 7.15. The van der Waals surface area contributed by atoms with Gasteiger partial charge in [-0.15, -0.1) is 10.2 Å². The van der Waals surface area contributed by atoms with Crippen molar-refractivity contribution in [3.05, 3.63) is 51.9 Å². The second-order valence-electron chi connectivity index (χ2n) is 5.72. The summed E-state index contributed by atoms with van der Waals surface area (Å²) in [6.07, 6.45) is 1.44. The molecule has 0 aliphatic heterocycles. The summed E-state index contributed by atoms with van der Waals surface area (Å²) in [6, 6.07) is 10.1. The molecule has 1 heterocycles. The van der Waals surface area contributed by atoms with E-state index in [4.69, 9.17) is 30.2 Å². The van der Waals surface area contributed by atoms with Crippen LogP contribution in [-0.2, 0) is 4.79 Å². The molecule has 3 rings (SSSR count). The highest BCUT2D eigenvalue weighted by Crippen LogP contribution is 2.37. The molecule has 0 saturated heterocycles. The molecule has 0 atom stereocenters. The number of hydrogen-bond acceptors (Lipinski definition) is 8. The van der Waals surface area contributed by atoms with Gasteiger partial charge >= 0.3 is 5.97 Å². The van der Waals surface area contributed by atoms with Gasteiger partial charge in [0, 0.05) is 10.6 Å². The molecule has 2 aromatic carbocycles. The first-order valence-electron chi connectivity index (χ1n) is 8.48. The number of aliphatic carboxylic acids is 1. The molecule has 0 amide bonds. The maximum atomic E-state index is 11.8. The van der Waals surface area contributed by atoms with Gasteiger partial charge < -0.3 is 23.7 Å². The standard InChI is InChI=1S/C20H17ClN2O6S/c1-26-14-8-7-12(21)10-13(14)18-22-23-20(29-18)30-16(19(24)25)9-11-5-4-6-15(27-2)17(11)28-3/h4-10H,1-3H3,(H,24,25)/b16-9-. The fourth-order valence-corrected chi connectivity index (χ4v) is 3.44. The maximum Gasteiger partial charge on any atom is 0.342 e. The molecule has 1 N–H and O–H groups in total. The molecule has 0 spiro atoms. The summed E-state index contributed by atoms with van der Waals surface area (Å²) in [7, 11) is 4.49. The normalized spacial score (nSPS) is 11.3. The van der Waals surface area contributed by atoms with E-state index in [0.717, 1.165) is 11.8 Å². The minimum atomic E-state index is -1.16. The third-order valence-electron chi connectivity index (χ3n) is 3.93. The lowest BCUT2D eigenvalue weighted by Gasteiger charge is -2.10. The third-order valence-corrected chi connectivity index (χ3v) is 5.01. The molecule has 0 bridgehead atoms. The zero-order valence-electron chi connectivity index (χ0n) is 16.2. The number of rotatable bonds is 8. The summed E-state index contributed by atoms with van der Waals surface area (Å²) in [5, 5.41) is 18.1. The van der Waals surface area contributed by atoms with Crippen molar-refractivity contribution < 1.29 is 28.5 Å². The molecule has 0 aliphatic rings. The van der Waals surface area contributed by atoms with Crippen molar-refractivity contribution in [1.29, 1.82) is 0 Å². The van der Waals surface area contributed by atoms with E-state index in [1.54, 1.807) is 36.4 Å². The van der Waals surface area contributed by atoms with E-state index in [1.807, 2.05) is 0 Å². The molecule has 0 fully saturated rings. The van der Waals surface area contributed by atoms with Crippen LogP contribution in [0.15, 0.2) is 50.9 Å². The van der Waals surface area contributed by atoms with E-state index in [1.165, 1.54) is 27.4 Å². The molecule has 30 heavy (non-hydrogen) atoms. The van der Waals surface area contributed by atoms with Crippen LogP contribution in [0.5, 0.6) is 17.2 Å². The smallest absolute Gasteiger partial charge is 0.342 e. The summed E-state index contributed by atoms with van der Waals surface area (Å²) in [5.41, 5.74) is 1.03. The Bertz CT molecular complexity index is 1100. The molecule has 0 aliphatic carbocycles. The maximum absolute atomic E-state index is 11.8. The quantitative estimate of drug-likeness (QED) is 0.390. The second kappa shape index (κ2) is 9.55. The highest BCUT2D eigenvalue weighted by atomic mass is 35.5. The van der Waals surface area contributed by atoms with Crippen LogP contribution in [0.2, 0.25) is 5.02 Å². The molecule has 156 valence electrons. The van der Waals surface area contributed by atoms with Gasteiger partial charge in [0.15, 0.2) is 11.5 Å². The number of carboxylic acids is 1. The van der Waals surface area contributed by atoms with Crippen molar-refractivity contribution in [2.24, 2.45) is 0 Å². The van der Waals surface area contributed by atoms with Crippen LogP contribution in [-0.4, -0.2) is 42.6 Å². The van der Waals surface area contributed by atoms with Crippen LogP contribution in [0, 0.1) is 0 Å². The van der Waals surface area contributed by atoms with Gasteiger partial charge in [-0.05, 0) is 42.1 Å². The fraction of sp³-hybridized carbons (Fsp3) is 0.150. The van der Waals surface area contributed by atoms with Crippen molar-refractivity contribution in [2.75, 3.05) is 21.3 Å². The number of carbonyl (C=O) groups is 1. The van der Waals surface area contributed by atoms with Crippen LogP contribution in [0.3, 0.4) is 0 Å². The minimum absolute atomic E-state index is 0.0440. The van der Waals surface area contributed by atoms with Crippen LogP contribution >= 0.6 is 23.4 Å². The number of benzene rings is 2. The van der Waals surface area contributed by atoms with Crippen LogP contribution in [0.1, 0.15) is 5.56 Å². The Hall–Kier alpha value is -3.17. The first-order chi connectivity index (χ1) is 14.5. The monoisotopic (exact) mass is 448 g/mol. The number of ether oxygens (including phenoxy) is 3. The van der Waals surface area contributed by atoms with Crippen molar-refractivity contribution in [3.63, 3.8) is 0 Å². The van der Waals surface area contributed by atoms with Gasteiger partial charge in [0.1, 0.15) is 10.7 Å². The highest BCUT2D eigenvalue weighted by Gasteiger charge is 2.19. The summed E-state index contributed by atoms with van der Waals surface area (Å²) >= 11 is 6.85. The van der Waals surface area contributed by atoms with E-state index < -0.39 is 5.97 Å². The summed E-state index contributed by atoms with van der Waals surface area (Å²) in [5.74, 6) is 0.378. The lowest BCUT2D eigenvalue weighted by Crippen LogP contribution is -1.98. The van der Waals surface area contributed by atoms with Gasteiger partial charge in [-0.1, -0.05) is 23.7 Å². The number of hydrogen-bond donors (Lipinski definition) is 1. The van der Waals surface area contributed by atoms with E-state index >= 15 is 0 Å². The molecule has 8 nitrogen and oxygen atoms in total. The zero-order chi connectivity index (χ0) is 21.7. The number of aromatic nitrogens is 2. The molecule has 1 aromatic heterocycles. The zero-order valence-corrected chi connectivity index (χ0v) is 17.8.